The summed E-state index contributed by atoms with van der Waals surface area (Å²) in [6.07, 6.45) is 0.419. The van der Waals surface area contributed by atoms with E-state index >= 15 is 0 Å². The summed E-state index contributed by atoms with van der Waals surface area (Å²) in [6, 6.07) is 0.627. The Hall–Kier alpha value is -0.960. The number of nitrogens with one attached hydrogen (secondary N) is 1. The molecule has 8 heteroatoms. The third kappa shape index (κ3) is 3.25. The van der Waals surface area contributed by atoms with E-state index in [9.17, 15) is 13.2 Å². The lowest BCUT2D eigenvalue weighted by molar-refractivity contribution is 0.0698. The van der Waals surface area contributed by atoms with Crippen LogP contribution in [0.1, 0.15) is 23.0 Å². The molecule has 3 N–H and O–H groups in total. The van der Waals surface area contributed by atoms with Gasteiger partial charge in [-0.1, -0.05) is 6.92 Å². The number of aliphatic hydroxyl groups excluding tert-OH is 1. The predicted molar refractivity (Wildman–Crippen MR) is 62.8 cm³/mol. The first-order valence-corrected chi connectivity index (χ1v) is 7.22. The Bertz CT molecular complexity index is 489. The Morgan fingerprint density at radius 2 is 2.24 bits per heavy atom. The molecule has 0 bridgehead atoms. The van der Waals surface area contributed by atoms with Crippen molar-refractivity contribution in [1.82, 2.24) is 4.72 Å². The third-order valence-electron chi connectivity index (χ3n) is 2.15. The number of hydrogen-bond donors (Lipinski definition) is 3. The predicted octanol–water partition coefficient (Wildman–Crippen LogP) is 0.495. The van der Waals surface area contributed by atoms with Gasteiger partial charge in [0.1, 0.15) is 9.77 Å². The van der Waals surface area contributed by atoms with Gasteiger partial charge in [0, 0.05) is 6.04 Å². The van der Waals surface area contributed by atoms with Crippen LogP contribution in [0, 0.1) is 0 Å². The summed E-state index contributed by atoms with van der Waals surface area (Å²) >= 11 is 0.846. The van der Waals surface area contributed by atoms with E-state index in [0.29, 0.717) is 6.42 Å². The molecule has 6 nitrogen and oxygen atoms in total. The van der Waals surface area contributed by atoms with Crippen LogP contribution in [-0.2, 0) is 10.0 Å². The molecule has 0 amide bonds. The first kappa shape index (κ1) is 14.1. The Morgan fingerprint density at radius 3 is 2.71 bits per heavy atom. The topological polar surface area (TPSA) is 104 Å². The standard InChI is InChI=1S/C9H13NO5S2/c1-2-6(5-11)10-17(14,15)7-3-4-16-8(7)9(12)13/h3-4,6,10-11H,2,5H2,1H3,(H,12,13)/t6-/m1/s1. The highest BCUT2D eigenvalue weighted by atomic mass is 32.2. The number of sulfonamides is 1. The Labute approximate surface area is 103 Å². The highest BCUT2D eigenvalue weighted by Gasteiger charge is 2.25. The van der Waals surface area contributed by atoms with Gasteiger partial charge in [0.15, 0.2) is 0 Å². The molecule has 1 heterocycles. The summed E-state index contributed by atoms with van der Waals surface area (Å²) in [5.41, 5.74) is 0. The van der Waals surface area contributed by atoms with Crippen molar-refractivity contribution in [2.75, 3.05) is 6.61 Å². The van der Waals surface area contributed by atoms with Gasteiger partial charge in [-0.05, 0) is 17.9 Å². The normalized spacial score (nSPS) is 13.5. The van der Waals surface area contributed by atoms with E-state index in [2.05, 4.69) is 4.72 Å². The number of thiophene rings is 1. The highest BCUT2D eigenvalue weighted by molar-refractivity contribution is 7.89. The van der Waals surface area contributed by atoms with E-state index in [1.54, 1.807) is 6.92 Å². The molecule has 0 saturated carbocycles. The van der Waals surface area contributed by atoms with Crippen LogP contribution >= 0.6 is 11.3 Å². The average molecular weight is 279 g/mol. The van der Waals surface area contributed by atoms with Gasteiger partial charge in [-0.15, -0.1) is 11.3 Å². The Balaban J connectivity index is 3.05. The first-order chi connectivity index (χ1) is 7.92. The second-order valence-electron chi connectivity index (χ2n) is 3.33. The molecule has 1 aromatic heterocycles. The lowest BCUT2D eigenvalue weighted by atomic mass is 10.3. The number of carbonyl (C=O) groups is 1. The molecule has 17 heavy (non-hydrogen) atoms. The van der Waals surface area contributed by atoms with Crippen LogP contribution in [-0.4, -0.2) is 37.2 Å². The minimum absolute atomic E-state index is 0.231. The summed E-state index contributed by atoms with van der Waals surface area (Å²) in [7, 11) is -3.90. The van der Waals surface area contributed by atoms with Gasteiger partial charge in [0.05, 0.1) is 6.61 Å². The first-order valence-electron chi connectivity index (χ1n) is 4.86. The van der Waals surface area contributed by atoms with Gasteiger partial charge in [-0.2, -0.15) is 0 Å². The summed E-state index contributed by atoms with van der Waals surface area (Å²) in [5.74, 6) is -1.28. The van der Waals surface area contributed by atoms with Gasteiger partial charge in [-0.25, -0.2) is 17.9 Å². The van der Waals surface area contributed by atoms with Crippen molar-refractivity contribution in [3.63, 3.8) is 0 Å². The van der Waals surface area contributed by atoms with E-state index in [4.69, 9.17) is 10.2 Å². The highest BCUT2D eigenvalue weighted by Crippen LogP contribution is 2.22. The van der Waals surface area contributed by atoms with Crippen molar-refractivity contribution in [2.24, 2.45) is 0 Å². The molecule has 96 valence electrons. The van der Waals surface area contributed by atoms with Crippen LogP contribution in [0.3, 0.4) is 0 Å². The van der Waals surface area contributed by atoms with Crippen molar-refractivity contribution >= 4 is 27.3 Å². The molecule has 0 aliphatic rings. The Kier molecular flexibility index (Phi) is 4.63. The second kappa shape index (κ2) is 5.58. The van der Waals surface area contributed by atoms with Crippen LogP contribution in [0.15, 0.2) is 16.3 Å². The van der Waals surface area contributed by atoms with E-state index < -0.39 is 22.0 Å². The molecule has 0 aromatic carbocycles. The molecular formula is C9H13NO5S2. The molecule has 0 aliphatic heterocycles. The molecule has 1 aromatic rings. The molecule has 1 atom stereocenters. The number of hydrogen-bond acceptors (Lipinski definition) is 5. The fraction of sp³-hybridized carbons (Fsp3) is 0.444. The smallest absolute Gasteiger partial charge is 0.347 e. The molecule has 1 rings (SSSR count). The maximum absolute atomic E-state index is 11.9. The van der Waals surface area contributed by atoms with Crippen LogP contribution in [0.4, 0.5) is 0 Å². The van der Waals surface area contributed by atoms with Gasteiger partial charge in [0.2, 0.25) is 10.0 Å². The van der Waals surface area contributed by atoms with Crippen LogP contribution < -0.4 is 4.72 Å². The van der Waals surface area contributed by atoms with E-state index in [1.165, 1.54) is 11.4 Å². The number of aromatic carboxylic acids is 1. The number of rotatable bonds is 6. The average Bonchev–Trinajstić information content (AvgIpc) is 2.75. The van der Waals surface area contributed by atoms with E-state index in [-0.39, 0.29) is 16.4 Å². The van der Waals surface area contributed by atoms with Gasteiger partial charge in [-0.3, -0.25) is 0 Å². The summed E-state index contributed by atoms with van der Waals surface area (Å²) in [6.45, 7) is 1.39. The molecule has 0 saturated heterocycles. The van der Waals surface area contributed by atoms with Crippen LogP contribution in [0.2, 0.25) is 0 Å². The maximum atomic E-state index is 11.9. The van der Waals surface area contributed by atoms with Crippen molar-refractivity contribution < 1.29 is 23.4 Å². The Morgan fingerprint density at radius 1 is 1.59 bits per heavy atom. The zero-order chi connectivity index (χ0) is 13.1. The SMILES string of the molecule is CC[C@H](CO)NS(=O)(=O)c1ccsc1C(=O)O. The maximum Gasteiger partial charge on any atom is 0.347 e. The van der Waals surface area contributed by atoms with Crippen LogP contribution in [0.25, 0.3) is 0 Å². The minimum atomic E-state index is -3.90. The third-order valence-corrected chi connectivity index (χ3v) is 4.74. The fourth-order valence-corrected chi connectivity index (χ4v) is 3.77. The summed E-state index contributed by atoms with van der Waals surface area (Å²) in [4.78, 5) is 10.3. The van der Waals surface area contributed by atoms with Crippen molar-refractivity contribution in [3.05, 3.63) is 16.3 Å². The fourth-order valence-electron chi connectivity index (χ4n) is 1.20. The lowest BCUT2D eigenvalue weighted by Gasteiger charge is -2.13. The summed E-state index contributed by atoms with van der Waals surface area (Å²) in [5, 5.41) is 19.2. The van der Waals surface area contributed by atoms with Crippen LogP contribution in [0.5, 0.6) is 0 Å². The molecule has 0 radical (unpaired) electrons. The minimum Gasteiger partial charge on any atom is -0.477 e. The summed E-state index contributed by atoms with van der Waals surface area (Å²) < 4.78 is 26.0. The molecule has 0 aliphatic carbocycles. The van der Waals surface area contributed by atoms with E-state index in [0.717, 1.165) is 11.3 Å². The quantitative estimate of drug-likeness (QED) is 0.703. The number of carboxylic acids is 1. The molecule has 0 fully saturated rings. The monoisotopic (exact) mass is 279 g/mol. The lowest BCUT2D eigenvalue weighted by Crippen LogP contribution is -2.37. The van der Waals surface area contributed by atoms with Gasteiger partial charge in [0.25, 0.3) is 0 Å². The number of carboxylic acid groups (broad SMARTS) is 1. The molecule has 0 unspecified atom stereocenters. The van der Waals surface area contributed by atoms with Crippen molar-refractivity contribution in [1.29, 1.82) is 0 Å². The second-order valence-corrected chi connectivity index (χ2v) is 5.93. The van der Waals surface area contributed by atoms with Crippen molar-refractivity contribution in [2.45, 2.75) is 24.3 Å². The largest absolute Gasteiger partial charge is 0.477 e. The molecule has 0 spiro atoms. The van der Waals surface area contributed by atoms with Gasteiger partial charge < -0.3 is 10.2 Å². The van der Waals surface area contributed by atoms with Crippen molar-refractivity contribution in [3.8, 4) is 0 Å². The van der Waals surface area contributed by atoms with E-state index in [1.807, 2.05) is 0 Å². The van der Waals surface area contributed by atoms with Gasteiger partial charge >= 0.3 is 5.97 Å². The number of aliphatic hydroxyl groups is 1. The zero-order valence-electron chi connectivity index (χ0n) is 9.08. The zero-order valence-corrected chi connectivity index (χ0v) is 10.7. The molecular weight excluding hydrogens is 266 g/mol.